The first kappa shape index (κ1) is 60.9. The normalized spacial score (nSPS) is 39.2. The molecule has 9 aliphatic rings. The number of hydrogen-bond acceptors (Lipinski definition) is 16. The third-order valence-corrected chi connectivity index (χ3v) is 22.0. The van der Waals surface area contributed by atoms with Crippen molar-refractivity contribution in [2.45, 2.75) is 178 Å². The molecule has 4 aliphatic carbocycles. The van der Waals surface area contributed by atoms with Crippen molar-refractivity contribution >= 4 is 23.9 Å². The summed E-state index contributed by atoms with van der Waals surface area (Å²) in [6.45, 7) is 12.2. The van der Waals surface area contributed by atoms with Gasteiger partial charge in [-0.15, -0.1) is 0 Å². The molecule has 0 bridgehead atoms. The van der Waals surface area contributed by atoms with Gasteiger partial charge in [0.05, 0.1) is 53.8 Å². The number of ether oxygens (including phenoxy) is 12. The second kappa shape index (κ2) is 25.1. The van der Waals surface area contributed by atoms with Gasteiger partial charge >= 0.3 is 23.9 Å². The number of esters is 4. The van der Waals surface area contributed by atoms with Crippen LogP contribution in [0.1, 0.15) is 146 Å². The Balaban J connectivity index is 0.804. The van der Waals surface area contributed by atoms with Gasteiger partial charge in [0.1, 0.15) is 12.2 Å². The molecule has 0 radical (unpaired) electrons. The quantitative estimate of drug-likeness (QED) is 0.0617. The van der Waals surface area contributed by atoms with Gasteiger partial charge in [0.15, 0.2) is 55.2 Å². The highest BCUT2D eigenvalue weighted by atomic mass is 16.8. The summed E-state index contributed by atoms with van der Waals surface area (Å²) in [4.78, 5) is 57.9. The smallest absolute Gasteiger partial charge is 0.338 e. The average Bonchev–Trinajstić information content (AvgIpc) is 1.50. The number of allylic oxidation sites excluding steroid dienone is 1. The van der Waals surface area contributed by atoms with Gasteiger partial charge in [-0.2, -0.15) is 0 Å². The first-order valence-electron chi connectivity index (χ1n) is 32.7. The van der Waals surface area contributed by atoms with Gasteiger partial charge in [0, 0.05) is 17.9 Å². The first-order chi connectivity index (χ1) is 43.7. The molecule has 16 nitrogen and oxygen atoms in total. The predicted octanol–water partition coefficient (Wildman–Crippen LogP) is 12.6. The van der Waals surface area contributed by atoms with Gasteiger partial charge in [-0.25, -0.2) is 19.2 Å². The zero-order chi connectivity index (χ0) is 61.9. The molecule has 16 heteroatoms. The van der Waals surface area contributed by atoms with Gasteiger partial charge < -0.3 is 56.8 Å². The van der Waals surface area contributed by atoms with E-state index in [9.17, 15) is 19.2 Å². The standard InChI is InChI=1S/C74H82O16/c1-43-33-38-74(80-41-43)44(2)58-56(90-74)40-55-53-32-31-51-39-52(34-36-72(51,4)54(53)35-37-73(55,58)5)82-71-64(62(86-67(77)48-25-15-8-16-26-48)60-57(83-71)42-79-69(88-60)50-29-19-10-20-30-50)89-70-63(87-68(78)49-27-17-9-18-28-49)61(85-66(76)47-23-13-7-14-24-47)59(45(3)81-70)84-65(75)46-21-11-6-12-22-46/h6-31,43-45,52-64,69-71H,32-42H2,1-5H3/t43-,44+,45?,52+,53-,54+,55+,56+,57?,58+,59?,60-,61?,62?,63?,64+,69?,70?,71-,72+,73+,74-/m1/s1. The van der Waals surface area contributed by atoms with Crippen LogP contribution in [0.2, 0.25) is 0 Å². The summed E-state index contributed by atoms with van der Waals surface area (Å²) >= 11 is 0. The highest BCUT2D eigenvalue weighted by Gasteiger charge is 2.69. The zero-order valence-corrected chi connectivity index (χ0v) is 51.8. The van der Waals surface area contributed by atoms with Crippen molar-refractivity contribution in [1.29, 1.82) is 0 Å². The molecule has 5 saturated heterocycles. The highest BCUT2D eigenvalue weighted by Crippen LogP contribution is 2.71. The Bertz CT molecular complexity index is 3380. The molecular weight excluding hydrogens is 1140 g/mol. The van der Waals surface area contributed by atoms with Crippen molar-refractivity contribution in [3.63, 3.8) is 0 Å². The maximum absolute atomic E-state index is 14.7. The number of rotatable bonds is 13. The predicted molar refractivity (Wildman–Crippen MR) is 327 cm³/mol. The molecule has 5 aliphatic heterocycles. The molecule has 8 fully saturated rings. The molecule has 22 atom stereocenters. The lowest BCUT2D eigenvalue weighted by molar-refractivity contribution is -0.394. The molecule has 90 heavy (non-hydrogen) atoms. The van der Waals surface area contributed by atoms with Gasteiger partial charge in [0.25, 0.3) is 0 Å². The van der Waals surface area contributed by atoms with Gasteiger partial charge in [-0.3, -0.25) is 0 Å². The minimum Gasteiger partial charge on any atom is -0.453 e. The molecule has 0 N–H and O–H groups in total. The fourth-order valence-electron chi connectivity index (χ4n) is 17.4. The molecule has 1 spiro atoms. The summed E-state index contributed by atoms with van der Waals surface area (Å²) in [7, 11) is 0. The summed E-state index contributed by atoms with van der Waals surface area (Å²) in [5.74, 6) is -0.555. The van der Waals surface area contributed by atoms with E-state index in [2.05, 4.69) is 33.8 Å². The molecule has 3 saturated carbocycles. The van der Waals surface area contributed by atoms with Crippen molar-refractivity contribution in [2.75, 3.05) is 13.2 Å². The van der Waals surface area contributed by atoms with E-state index in [4.69, 9.17) is 56.8 Å². The van der Waals surface area contributed by atoms with Crippen LogP contribution in [-0.2, 0) is 56.8 Å². The van der Waals surface area contributed by atoms with Crippen LogP contribution in [0.5, 0.6) is 0 Å². The number of benzene rings is 5. The average molecular weight is 1230 g/mol. The van der Waals surface area contributed by atoms with Crippen molar-refractivity contribution in [3.8, 4) is 0 Å². The summed E-state index contributed by atoms with van der Waals surface area (Å²) in [5.41, 5.74) is 3.06. The molecule has 0 aromatic heterocycles. The first-order valence-corrected chi connectivity index (χ1v) is 32.7. The number of carbonyl (C=O) groups excluding carboxylic acids is 4. The number of carbonyl (C=O) groups is 4. The summed E-state index contributed by atoms with van der Waals surface area (Å²) in [5, 5.41) is 0. The van der Waals surface area contributed by atoms with E-state index in [1.807, 2.05) is 36.4 Å². The van der Waals surface area contributed by atoms with Crippen molar-refractivity contribution < 1.29 is 76.0 Å². The van der Waals surface area contributed by atoms with Crippen LogP contribution in [-0.4, -0.2) is 116 Å². The maximum Gasteiger partial charge on any atom is 0.338 e. The third-order valence-electron chi connectivity index (χ3n) is 22.0. The molecule has 8 unspecified atom stereocenters. The van der Waals surface area contributed by atoms with E-state index in [0.29, 0.717) is 48.3 Å². The summed E-state index contributed by atoms with van der Waals surface area (Å²) in [6, 6.07) is 43.1. The van der Waals surface area contributed by atoms with E-state index in [1.54, 1.807) is 122 Å². The Morgan fingerprint density at radius 1 is 0.522 bits per heavy atom. The topological polar surface area (TPSA) is 179 Å². The molecule has 5 heterocycles. The third kappa shape index (κ3) is 11.4. The molecular formula is C74H82O16. The van der Waals surface area contributed by atoms with E-state index in [1.165, 1.54) is 5.57 Å². The second-order valence-corrected chi connectivity index (χ2v) is 27.3. The van der Waals surface area contributed by atoms with Crippen LogP contribution in [0.4, 0.5) is 0 Å². The SMILES string of the molecule is CC1OC(O[C@H]2C(OC(=O)c3ccccc3)[C@@H]3OC(c4ccccc4)OCC3O[C@H]2O[C@H]2CC[C@@]3(C)C(=CC[C@H]4[C@@H]5C[C@@H]6O[C@]7(CC[C@@H](C)CO7)[C@@H](C)[C@@H]6[C@@]5(C)CC[C@@H]43)C2)C(OC(=O)c2ccccc2)C(OC(=O)c2ccccc2)C1OC(=O)c1ccccc1. The van der Waals surface area contributed by atoms with E-state index >= 15 is 0 Å². The molecule has 14 rings (SSSR count). The fraction of sp³-hybridized carbons (Fsp3) is 0.514. The fourth-order valence-corrected chi connectivity index (χ4v) is 17.4. The summed E-state index contributed by atoms with van der Waals surface area (Å²) in [6.07, 6.45) is -3.06. The number of fused-ring (bicyclic) bond motifs is 8. The Labute approximate surface area is 526 Å². The minimum absolute atomic E-state index is 0.0340. The van der Waals surface area contributed by atoms with E-state index in [-0.39, 0.29) is 51.9 Å². The summed E-state index contributed by atoms with van der Waals surface area (Å²) < 4.78 is 81.6. The lowest BCUT2D eigenvalue weighted by Crippen LogP contribution is -2.67. The van der Waals surface area contributed by atoms with Crippen molar-refractivity contribution in [1.82, 2.24) is 0 Å². The Morgan fingerprint density at radius 2 is 1.08 bits per heavy atom. The Hall–Kier alpha value is -6.60. The number of hydrogen-bond donors (Lipinski definition) is 0. The van der Waals surface area contributed by atoms with Crippen LogP contribution in [0.15, 0.2) is 163 Å². The van der Waals surface area contributed by atoms with E-state index in [0.717, 1.165) is 57.1 Å². The highest BCUT2D eigenvalue weighted by molar-refractivity contribution is 5.91. The van der Waals surface area contributed by atoms with Crippen LogP contribution in [0.3, 0.4) is 0 Å². The van der Waals surface area contributed by atoms with Crippen molar-refractivity contribution in [2.24, 2.45) is 46.3 Å². The molecule has 5 aromatic carbocycles. The van der Waals surface area contributed by atoms with Gasteiger partial charge in [0.2, 0.25) is 0 Å². The lowest BCUT2D eigenvalue weighted by atomic mass is 9.47. The van der Waals surface area contributed by atoms with Gasteiger partial charge in [-0.05, 0) is 147 Å². The monoisotopic (exact) mass is 1230 g/mol. The minimum atomic E-state index is -1.65. The van der Waals surface area contributed by atoms with Crippen molar-refractivity contribution in [3.05, 3.63) is 191 Å². The Kier molecular flexibility index (Phi) is 17.0. The molecule has 474 valence electrons. The molecule has 5 aromatic rings. The lowest BCUT2D eigenvalue weighted by Gasteiger charge is -2.59. The van der Waals surface area contributed by atoms with Crippen LogP contribution < -0.4 is 0 Å². The largest absolute Gasteiger partial charge is 0.453 e. The molecule has 0 amide bonds. The zero-order valence-electron chi connectivity index (χ0n) is 51.8. The van der Waals surface area contributed by atoms with Crippen LogP contribution in [0, 0.1) is 46.3 Å². The second-order valence-electron chi connectivity index (χ2n) is 27.3. The maximum atomic E-state index is 14.7. The van der Waals surface area contributed by atoms with Crippen LogP contribution in [0.25, 0.3) is 0 Å². The Morgan fingerprint density at radius 3 is 1.67 bits per heavy atom. The van der Waals surface area contributed by atoms with E-state index < -0.39 is 97.4 Å². The van der Waals surface area contributed by atoms with Gasteiger partial charge in [-0.1, -0.05) is 142 Å². The van der Waals surface area contributed by atoms with Crippen LogP contribution >= 0.6 is 0 Å².